The first kappa shape index (κ1) is 18.3. The minimum atomic E-state index is 0.0154. The van der Waals surface area contributed by atoms with E-state index in [-0.39, 0.29) is 12.0 Å². The summed E-state index contributed by atoms with van der Waals surface area (Å²) in [6.07, 6.45) is 5.25. The van der Waals surface area contributed by atoms with Crippen molar-refractivity contribution in [2.45, 2.75) is 52.5 Å². The first-order valence-electron chi connectivity index (χ1n) is 9.55. The van der Waals surface area contributed by atoms with E-state index in [9.17, 15) is 0 Å². The fourth-order valence-corrected chi connectivity index (χ4v) is 3.39. The molecule has 0 bridgehead atoms. The number of ether oxygens (including phenoxy) is 1. The summed E-state index contributed by atoms with van der Waals surface area (Å²) in [5, 5.41) is 4.12. The Balaban J connectivity index is 1.64. The average Bonchev–Trinajstić information content (AvgIpc) is 3.34. The lowest BCUT2D eigenvalue weighted by Gasteiger charge is -2.25. The Labute approximate surface area is 164 Å². The Hall–Kier alpha value is -3.03. The maximum absolute atomic E-state index is 6.02. The highest BCUT2D eigenvalue weighted by atomic mass is 16.5. The van der Waals surface area contributed by atoms with Crippen molar-refractivity contribution in [3.05, 3.63) is 47.6 Å². The van der Waals surface area contributed by atoms with Gasteiger partial charge in [0.15, 0.2) is 11.6 Å². The summed E-state index contributed by atoms with van der Waals surface area (Å²) < 4.78 is 11.6. The average molecular weight is 380 g/mol. The number of anilines is 1. The normalized spacial score (nSPS) is 16.8. The van der Waals surface area contributed by atoms with E-state index >= 15 is 0 Å². The standard InChI is InChI=1S/C20H24N6O2/c1-12(2)17-24-20(28-25-17)15-7-6-10-26(15)18-13(3)19(23-11-22-18)27-16-8-5-9-21-14(16)4/h5,8-9,11-12,15H,6-7,10H2,1-4H3/t15-/m0/s1. The van der Waals surface area contributed by atoms with Crippen LogP contribution in [0.5, 0.6) is 11.6 Å². The van der Waals surface area contributed by atoms with Gasteiger partial charge >= 0.3 is 0 Å². The molecule has 1 aliphatic rings. The first-order valence-corrected chi connectivity index (χ1v) is 9.55. The van der Waals surface area contributed by atoms with Crippen molar-refractivity contribution in [2.75, 3.05) is 11.4 Å². The van der Waals surface area contributed by atoms with Gasteiger partial charge in [-0.3, -0.25) is 4.98 Å². The molecule has 1 aliphatic heterocycles. The summed E-state index contributed by atoms with van der Waals surface area (Å²) in [6.45, 7) is 8.86. The van der Waals surface area contributed by atoms with E-state index in [0.29, 0.717) is 17.5 Å². The Kier molecular flexibility index (Phi) is 4.93. The van der Waals surface area contributed by atoms with Crippen LogP contribution in [0.2, 0.25) is 0 Å². The van der Waals surface area contributed by atoms with Gasteiger partial charge in [0, 0.05) is 18.7 Å². The molecule has 0 N–H and O–H groups in total. The van der Waals surface area contributed by atoms with Crippen LogP contribution < -0.4 is 9.64 Å². The third-order valence-electron chi connectivity index (χ3n) is 4.96. The Morgan fingerprint density at radius 2 is 2.07 bits per heavy atom. The molecule has 0 amide bonds. The number of hydrogen-bond acceptors (Lipinski definition) is 8. The van der Waals surface area contributed by atoms with Crippen molar-refractivity contribution in [1.82, 2.24) is 25.1 Å². The van der Waals surface area contributed by atoms with Crippen LogP contribution in [0.1, 0.15) is 61.6 Å². The predicted octanol–water partition coefficient (Wildman–Crippen LogP) is 4.13. The fourth-order valence-electron chi connectivity index (χ4n) is 3.39. The van der Waals surface area contributed by atoms with E-state index in [2.05, 4.69) is 43.8 Å². The zero-order valence-electron chi connectivity index (χ0n) is 16.6. The van der Waals surface area contributed by atoms with Crippen molar-refractivity contribution in [3.8, 4) is 11.6 Å². The van der Waals surface area contributed by atoms with Gasteiger partial charge in [-0.15, -0.1) is 0 Å². The molecule has 0 radical (unpaired) electrons. The van der Waals surface area contributed by atoms with Crippen molar-refractivity contribution in [2.24, 2.45) is 0 Å². The van der Waals surface area contributed by atoms with Crippen molar-refractivity contribution < 1.29 is 9.26 Å². The molecular weight excluding hydrogens is 356 g/mol. The van der Waals surface area contributed by atoms with Gasteiger partial charge in [0.1, 0.15) is 18.2 Å². The molecule has 4 heterocycles. The summed E-state index contributed by atoms with van der Waals surface area (Å²) in [7, 11) is 0. The zero-order valence-corrected chi connectivity index (χ0v) is 16.6. The predicted molar refractivity (Wildman–Crippen MR) is 104 cm³/mol. The molecule has 4 rings (SSSR count). The molecule has 0 spiro atoms. The lowest BCUT2D eigenvalue weighted by Crippen LogP contribution is -2.25. The van der Waals surface area contributed by atoms with Gasteiger partial charge in [0.05, 0.1) is 11.3 Å². The molecule has 8 nitrogen and oxygen atoms in total. The summed E-state index contributed by atoms with van der Waals surface area (Å²) >= 11 is 0. The number of aryl methyl sites for hydroxylation is 1. The third kappa shape index (κ3) is 3.42. The van der Waals surface area contributed by atoms with E-state index in [1.165, 1.54) is 6.33 Å². The van der Waals surface area contributed by atoms with Gasteiger partial charge in [-0.1, -0.05) is 19.0 Å². The Morgan fingerprint density at radius 1 is 1.21 bits per heavy atom. The van der Waals surface area contributed by atoms with Crippen molar-refractivity contribution in [3.63, 3.8) is 0 Å². The highest BCUT2D eigenvalue weighted by Gasteiger charge is 2.33. The molecule has 0 saturated carbocycles. The summed E-state index contributed by atoms with van der Waals surface area (Å²) in [5.74, 6) is 3.66. The molecule has 3 aromatic rings. The lowest BCUT2D eigenvalue weighted by atomic mass is 10.2. The van der Waals surface area contributed by atoms with Crippen LogP contribution >= 0.6 is 0 Å². The minimum Gasteiger partial charge on any atom is -0.437 e. The van der Waals surface area contributed by atoms with Gasteiger partial charge < -0.3 is 14.2 Å². The Bertz CT molecular complexity index is 971. The molecule has 146 valence electrons. The largest absolute Gasteiger partial charge is 0.437 e. The molecule has 0 aliphatic carbocycles. The molecule has 28 heavy (non-hydrogen) atoms. The molecule has 8 heteroatoms. The van der Waals surface area contributed by atoms with E-state index in [0.717, 1.165) is 42.3 Å². The van der Waals surface area contributed by atoms with Gasteiger partial charge in [-0.05, 0) is 38.8 Å². The van der Waals surface area contributed by atoms with Crippen LogP contribution in [-0.2, 0) is 0 Å². The summed E-state index contributed by atoms with van der Waals surface area (Å²) in [4.78, 5) is 19.9. The van der Waals surface area contributed by atoms with Crippen molar-refractivity contribution >= 4 is 5.82 Å². The fraction of sp³-hybridized carbons (Fsp3) is 0.450. The van der Waals surface area contributed by atoms with Gasteiger partial charge in [0.2, 0.25) is 11.8 Å². The Morgan fingerprint density at radius 3 is 2.82 bits per heavy atom. The second kappa shape index (κ2) is 7.53. The van der Waals surface area contributed by atoms with Crippen LogP contribution in [0.25, 0.3) is 0 Å². The highest BCUT2D eigenvalue weighted by molar-refractivity contribution is 5.53. The molecule has 0 unspecified atom stereocenters. The van der Waals surface area contributed by atoms with Crippen molar-refractivity contribution in [1.29, 1.82) is 0 Å². The van der Waals surface area contributed by atoms with E-state index in [1.54, 1.807) is 6.20 Å². The number of aromatic nitrogens is 5. The van der Waals surface area contributed by atoms with Crippen LogP contribution in [0.15, 0.2) is 29.2 Å². The molecule has 1 saturated heterocycles. The lowest BCUT2D eigenvalue weighted by molar-refractivity contribution is 0.349. The maximum Gasteiger partial charge on any atom is 0.249 e. The molecular formula is C20H24N6O2. The number of hydrogen-bond donors (Lipinski definition) is 0. The SMILES string of the molecule is Cc1ncccc1Oc1ncnc(N2CCC[C@H]2c2nc(C(C)C)no2)c1C. The van der Waals surface area contributed by atoms with Crippen LogP contribution in [0.3, 0.4) is 0 Å². The van der Waals surface area contributed by atoms with Gasteiger partial charge in [0.25, 0.3) is 0 Å². The van der Waals surface area contributed by atoms with Gasteiger partial charge in [-0.2, -0.15) is 4.98 Å². The quantitative estimate of drug-likeness (QED) is 0.653. The van der Waals surface area contributed by atoms with Crippen LogP contribution in [0, 0.1) is 13.8 Å². The number of rotatable bonds is 5. The molecule has 1 atom stereocenters. The van der Waals surface area contributed by atoms with Gasteiger partial charge in [-0.25, -0.2) is 9.97 Å². The van der Waals surface area contributed by atoms with E-state index < -0.39 is 0 Å². The molecule has 1 fully saturated rings. The van der Waals surface area contributed by atoms with E-state index in [1.807, 2.05) is 26.0 Å². The second-order valence-corrected chi connectivity index (χ2v) is 7.31. The van der Waals surface area contributed by atoms with Crippen LogP contribution in [-0.4, -0.2) is 31.6 Å². The maximum atomic E-state index is 6.02. The topological polar surface area (TPSA) is 90.1 Å². The first-order chi connectivity index (χ1) is 13.5. The number of nitrogens with zero attached hydrogens (tertiary/aromatic N) is 6. The smallest absolute Gasteiger partial charge is 0.249 e. The minimum absolute atomic E-state index is 0.0154. The number of pyridine rings is 1. The highest BCUT2D eigenvalue weighted by Crippen LogP contribution is 2.38. The summed E-state index contributed by atoms with van der Waals surface area (Å²) in [6, 6.07) is 3.74. The second-order valence-electron chi connectivity index (χ2n) is 7.31. The third-order valence-corrected chi connectivity index (χ3v) is 4.96. The molecule has 3 aromatic heterocycles. The zero-order chi connectivity index (χ0) is 19.7. The molecule has 0 aromatic carbocycles. The van der Waals surface area contributed by atoms with E-state index in [4.69, 9.17) is 9.26 Å². The summed E-state index contributed by atoms with van der Waals surface area (Å²) in [5.41, 5.74) is 1.69. The van der Waals surface area contributed by atoms with Crippen LogP contribution in [0.4, 0.5) is 5.82 Å². The monoisotopic (exact) mass is 380 g/mol.